The van der Waals surface area contributed by atoms with E-state index >= 15 is 0 Å². The molecule has 2 unspecified atom stereocenters. The summed E-state index contributed by atoms with van der Waals surface area (Å²) in [5.41, 5.74) is 0. The number of carbonyl (C=O) groups is 1. The first-order valence-corrected chi connectivity index (χ1v) is 10.8. The van der Waals surface area contributed by atoms with Crippen LogP contribution in [0, 0.1) is 5.92 Å². The Bertz CT molecular complexity index is 514. The first-order chi connectivity index (χ1) is 9.92. The zero-order valence-electron chi connectivity index (χ0n) is 14.1. The van der Waals surface area contributed by atoms with E-state index in [0.717, 1.165) is 6.26 Å². The molecule has 0 saturated heterocycles. The summed E-state index contributed by atoms with van der Waals surface area (Å²) in [4.78, 5) is 12.4. The minimum atomic E-state index is -3.81. The van der Waals surface area contributed by atoms with Gasteiger partial charge in [-0.1, -0.05) is 13.8 Å². The standard InChI is InChI=1S/C13H27O7PS/c1-7-18-12(14)13(5,9-11(3)4)21(15,19-8-2)10-20-22(6,16)17/h11H,7-10H2,1-6H3. The zero-order valence-corrected chi connectivity index (χ0v) is 15.8. The molecular formula is C13H27O7PS. The molecule has 0 rings (SSSR count). The summed E-state index contributed by atoms with van der Waals surface area (Å²) in [6.07, 6.45) is 0.408. The maximum atomic E-state index is 13.2. The molecule has 9 heteroatoms. The normalized spacial score (nSPS) is 17.8. The maximum Gasteiger partial charge on any atom is 0.321 e. The van der Waals surface area contributed by atoms with Gasteiger partial charge < -0.3 is 9.26 Å². The Morgan fingerprint density at radius 1 is 1.23 bits per heavy atom. The van der Waals surface area contributed by atoms with Crippen LogP contribution in [0.2, 0.25) is 0 Å². The summed E-state index contributed by atoms with van der Waals surface area (Å²) in [6.45, 7) is 8.67. The first-order valence-electron chi connectivity index (χ1n) is 7.17. The minimum Gasteiger partial charge on any atom is -0.465 e. The van der Waals surface area contributed by atoms with Gasteiger partial charge in [0.25, 0.3) is 10.1 Å². The molecule has 0 heterocycles. The van der Waals surface area contributed by atoms with Gasteiger partial charge in [0.05, 0.1) is 19.5 Å². The highest BCUT2D eigenvalue weighted by molar-refractivity contribution is 7.86. The van der Waals surface area contributed by atoms with Gasteiger partial charge in [-0.15, -0.1) is 0 Å². The predicted molar refractivity (Wildman–Crippen MR) is 84.5 cm³/mol. The zero-order chi connectivity index (χ0) is 17.6. The lowest BCUT2D eigenvalue weighted by Gasteiger charge is -2.35. The van der Waals surface area contributed by atoms with Crippen LogP contribution in [0.25, 0.3) is 0 Å². The highest BCUT2D eigenvalue weighted by Gasteiger charge is 2.53. The molecule has 0 aliphatic rings. The van der Waals surface area contributed by atoms with E-state index in [9.17, 15) is 17.8 Å². The van der Waals surface area contributed by atoms with Crippen LogP contribution in [-0.4, -0.2) is 45.4 Å². The topological polar surface area (TPSA) is 96.0 Å². The Balaban J connectivity index is 5.74. The SMILES string of the molecule is CCOC(=O)C(C)(CC(C)C)P(=O)(COS(C)(=O)=O)OCC. The molecule has 0 bridgehead atoms. The summed E-state index contributed by atoms with van der Waals surface area (Å²) < 4.78 is 50.7. The molecule has 0 spiro atoms. The third-order valence-corrected chi connectivity index (χ3v) is 6.78. The molecule has 0 aromatic heterocycles. The van der Waals surface area contributed by atoms with Gasteiger partial charge in [0.2, 0.25) is 7.37 Å². The number of rotatable bonds is 10. The Morgan fingerprint density at radius 3 is 2.14 bits per heavy atom. The lowest BCUT2D eigenvalue weighted by atomic mass is 9.98. The van der Waals surface area contributed by atoms with Crippen molar-refractivity contribution in [1.82, 2.24) is 0 Å². The second kappa shape index (κ2) is 8.43. The fourth-order valence-electron chi connectivity index (χ4n) is 2.14. The van der Waals surface area contributed by atoms with E-state index in [1.807, 2.05) is 13.8 Å². The largest absolute Gasteiger partial charge is 0.465 e. The molecule has 22 heavy (non-hydrogen) atoms. The van der Waals surface area contributed by atoms with Gasteiger partial charge in [-0.2, -0.15) is 8.42 Å². The highest BCUT2D eigenvalue weighted by atomic mass is 32.2. The molecule has 0 aromatic rings. The summed E-state index contributed by atoms with van der Waals surface area (Å²) in [6, 6.07) is 0. The molecule has 0 radical (unpaired) electrons. The van der Waals surface area contributed by atoms with Gasteiger partial charge in [0, 0.05) is 0 Å². The summed E-state index contributed by atoms with van der Waals surface area (Å²) >= 11 is 0. The fraction of sp³-hybridized carbons (Fsp3) is 0.923. The van der Waals surface area contributed by atoms with Gasteiger partial charge in [0.15, 0.2) is 0 Å². The maximum absolute atomic E-state index is 13.2. The van der Waals surface area contributed by atoms with Crippen molar-refractivity contribution in [1.29, 1.82) is 0 Å². The highest BCUT2D eigenvalue weighted by Crippen LogP contribution is 2.61. The number of esters is 1. The molecular weight excluding hydrogens is 331 g/mol. The summed E-state index contributed by atoms with van der Waals surface area (Å²) in [7, 11) is -7.56. The van der Waals surface area contributed by atoms with E-state index < -0.39 is 35.0 Å². The summed E-state index contributed by atoms with van der Waals surface area (Å²) in [5, 5.41) is -1.46. The van der Waals surface area contributed by atoms with Crippen LogP contribution in [0.5, 0.6) is 0 Å². The average Bonchev–Trinajstić information content (AvgIpc) is 2.35. The molecule has 0 amide bonds. The van der Waals surface area contributed by atoms with Crippen LogP contribution in [-0.2, 0) is 32.9 Å². The smallest absolute Gasteiger partial charge is 0.321 e. The third-order valence-electron chi connectivity index (χ3n) is 3.05. The molecule has 7 nitrogen and oxygen atoms in total. The van der Waals surface area contributed by atoms with Crippen LogP contribution in [0.1, 0.15) is 41.0 Å². The van der Waals surface area contributed by atoms with Crippen LogP contribution in [0.4, 0.5) is 0 Å². The van der Waals surface area contributed by atoms with E-state index in [-0.39, 0.29) is 25.6 Å². The van der Waals surface area contributed by atoms with E-state index in [2.05, 4.69) is 4.18 Å². The third kappa shape index (κ3) is 5.99. The summed E-state index contributed by atoms with van der Waals surface area (Å²) in [5.74, 6) is -0.640. The lowest BCUT2D eigenvalue weighted by molar-refractivity contribution is -0.146. The second-order valence-electron chi connectivity index (χ2n) is 5.63. The second-order valence-corrected chi connectivity index (χ2v) is 10.1. The Morgan fingerprint density at radius 2 is 1.77 bits per heavy atom. The molecule has 2 atom stereocenters. The van der Waals surface area contributed by atoms with E-state index in [4.69, 9.17) is 9.26 Å². The van der Waals surface area contributed by atoms with Gasteiger partial charge in [-0.25, -0.2) is 0 Å². The number of hydrogen-bond acceptors (Lipinski definition) is 7. The van der Waals surface area contributed by atoms with Crippen LogP contribution in [0.15, 0.2) is 0 Å². The molecule has 0 aliphatic carbocycles. The van der Waals surface area contributed by atoms with Gasteiger partial charge in [-0.05, 0) is 33.1 Å². The lowest BCUT2D eigenvalue weighted by Crippen LogP contribution is -2.40. The van der Waals surface area contributed by atoms with Crippen molar-refractivity contribution in [3.8, 4) is 0 Å². The molecule has 0 saturated carbocycles. The van der Waals surface area contributed by atoms with Crippen LogP contribution in [0.3, 0.4) is 0 Å². The molecule has 132 valence electrons. The van der Waals surface area contributed by atoms with Crippen molar-refractivity contribution in [3.63, 3.8) is 0 Å². The first kappa shape index (κ1) is 21.6. The van der Waals surface area contributed by atoms with Crippen LogP contribution < -0.4 is 0 Å². The molecule has 0 N–H and O–H groups in total. The Kier molecular flexibility index (Phi) is 8.27. The van der Waals surface area contributed by atoms with Crippen molar-refractivity contribution in [3.05, 3.63) is 0 Å². The Hall–Kier alpha value is -0.430. The number of ether oxygens (including phenoxy) is 1. The average molecular weight is 358 g/mol. The van der Waals surface area contributed by atoms with E-state index in [1.54, 1.807) is 13.8 Å². The fourth-order valence-corrected chi connectivity index (χ4v) is 5.51. The quantitative estimate of drug-likeness (QED) is 0.336. The van der Waals surface area contributed by atoms with Gasteiger partial charge in [0.1, 0.15) is 11.5 Å². The van der Waals surface area contributed by atoms with Crippen molar-refractivity contribution in [2.24, 2.45) is 5.92 Å². The van der Waals surface area contributed by atoms with Crippen molar-refractivity contribution < 1.29 is 31.2 Å². The van der Waals surface area contributed by atoms with E-state index in [1.165, 1.54) is 6.92 Å². The van der Waals surface area contributed by atoms with E-state index in [0.29, 0.717) is 0 Å². The van der Waals surface area contributed by atoms with Gasteiger partial charge in [-0.3, -0.25) is 13.5 Å². The van der Waals surface area contributed by atoms with Crippen molar-refractivity contribution in [2.45, 2.75) is 46.2 Å². The molecule has 0 fully saturated rings. The van der Waals surface area contributed by atoms with Crippen LogP contribution >= 0.6 is 7.37 Å². The number of carbonyl (C=O) groups excluding carboxylic acids is 1. The van der Waals surface area contributed by atoms with Crippen molar-refractivity contribution in [2.75, 3.05) is 25.8 Å². The predicted octanol–water partition coefficient (Wildman–Crippen LogP) is 2.60. The molecule has 0 aliphatic heterocycles. The molecule has 0 aromatic carbocycles. The monoisotopic (exact) mass is 358 g/mol. The van der Waals surface area contributed by atoms with Crippen molar-refractivity contribution >= 4 is 23.5 Å². The number of hydrogen-bond donors (Lipinski definition) is 0. The minimum absolute atomic E-state index is 0.0291. The Labute approximate surface area is 133 Å². The van der Waals surface area contributed by atoms with Gasteiger partial charge >= 0.3 is 5.97 Å².